The van der Waals surface area contributed by atoms with Crippen molar-refractivity contribution in [2.75, 3.05) is 0 Å². The third-order valence-electron chi connectivity index (χ3n) is 4.67. The van der Waals surface area contributed by atoms with Gasteiger partial charge in [0.05, 0.1) is 5.56 Å². The van der Waals surface area contributed by atoms with Crippen molar-refractivity contribution in [1.29, 1.82) is 0 Å². The second kappa shape index (κ2) is 7.20. The van der Waals surface area contributed by atoms with E-state index in [2.05, 4.69) is 0 Å². The van der Waals surface area contributed by atoms with Gasteiger partial charge in [0.2, 0.25) is 0 Å². The monoisotopic (exact) mass is 347 g/mol. The van der Waals surface area contributed by atoms with Crippen molar-refractivity contribution in [2.24, 2.45) is 0 Å². The smallest absolute Gasteiger partial charge is 0.258 e. The van der Waals surface area contributed by atoms with Crippen molar-refractivity contribution in [1.82, 2.24) is 4.90 Å². The summed E-state index contributed by atoms with van der Waals surface area (Å²) in [6.45, 7) is 7.99. The van der Waals surface area contributed by atoms with Gasteiger partial charge in [-0.25, -0.2) is 0 Å². The number of amides is 1. The molecule has 1 amide bonds. The number of hydrogen-bond acceptors (Lipinski definition) is 2. The van der Waals surface area contributed by atoms with E-state index in [-0.39, 0.29) is 23.7 Å². The molecule has 0 unspecified atom stereocenters. The molecular weight excluding hydrogens is 322 g/mol. The van der Waals surface area contributed by atoms with E-state index in [1.807, 2.05) is 87.2 Å². The first kappa shape index (κ1) is 18.0. The topological polar surface area (TPSA) is 40.5 Å². The zero-order valence-electron chi connectivity index (χ0n) is 15.7. The lowest BCUT2D eigenvalue weighted by Gasteiger charge is -2.31. The van der Waals surface area contributed by atoms with Crippen molar-refractivity contribution >= 4 is 16.7 Å². The number of rotatable bonds is 4. The molecule has 0 radical (unpaired) electrons. The first-order chi connectivity index (χ1) is 12.4. The molecule has 1 N–H and O–H groups in total. The highest BCUT2D eigenvalue weighted by Gasteiger charge is 2.26. The number of phenols is 1. The molecule has 3 nitrogen and oxygen atoms in total. The maximum Gasteiger partial charge on any atom is 0.258 e. The molecule has 0 spiro atoms. The lowest BCUT2D eigenvalue weighted by atomic mass is 9.93. The van der Waals surface area contributed by atoms with Gasteiger partial charge in [-0.3, -0.25) is 4.79 Å². The summed E-state index contributed by atoms with van der Waals surface area (Å²) in [5.74, 6) is -0.112. The Labute approximate surface area is 154 Å². The van der Waals surface area contributed by atoms with Crippen LogP contribution in [-0.4, -0.2) is 28.0 Å². The molecule has 3 aromatic carbocycles. The van der Waals surface area contributed by atoms with Gasteiger partial charge < -0.3 is 10.0 Å². The second-order valence-electron chi connectivity index (χ2n) is 7.13. The van der Waals surface area contributed by atoms with E-state index in [0.29, 0.717) is 5.56 Å². The van der Waals surface area contributed by atoms with Crippen LogP contribution in [0.4, 0.5) is 0 Å². The number of hydrogen-bond donors (Lipinski definition) is 1. The predicted molar refractivity (Wildman–Crippen MR) is 107 cm³/mol. The van der Waals surface area contributed by atoms with Gasteiger partial charge in [-0.2, -0.15) is 0 Å². The van der Waals surface area contributed by atoms with Crippen LogP contribution < -0.4 is 0 Å². The zero-order chi connectivity index (χ0) is 18.8. The van der Waals surface area contributed by atoms with Gasteiger partial charge in [0.25, 0.3) is 5.91 Å². The number of aromatic hydroxyl groups is 1. The van der Waals surface area contributed by atoms with Gasteiger partial charge in [-0.05, 0) is 50.3 Å². The third kappa shape index (κ3) is 3.17. The molecular formula is C23H25NO2. The maximum absolute atomic E-state index is 13.4. The van der Waals surface area contributed by atoms with E-state index in [0.717, 1.165) is 21.9 Å². The van der Waals surface area contributed by atoms with Crippen molar-refractivity contribution in [3.05, 3.63) is 66.2 Å². The molecule has 0 fully saturated rings. The van der Waals surface area contributed by atoms with Crippen LogP contribution in [0.25, 0.3) is 21.9 Å². The Kier molecular flexibility index (Phi) is 4.99. The Morgan fingerprint density at radius 1 is 0.846 bits per heavy atom. The number of phenolic OH excluding ortho intramolecular Hbond substituents is 1. The minimum atomic E-state index is -0.138. The maximum atomic E-state index is 13.4. The Morgan fingerprint density at radius 3 is 2.12 bits per heavy atom. The standard InChI is InChI=1S/C23H25NO2/c1-15(2)24(16(3)4)23(26)22-20(25)14-13-18-11-8-12-19(21(18)22)17-9-6-5-7-10-17/h5-16,25H,1-4H3. The Balaban J connectivity index is 2.32. The van der Waals surface area contributed by atoms with Crippen LogP contribution in [0.2, 0.25) is 0 Å². The fourth-order valence-corrected chi connectivity index (χ4v) is 3.64. The molecule has 0 heterocycles. The number of fused-ring (bicyclic) bond motifs is 1. The predicted octanol–water partition coefficient (Wildman–Crippen LogP) is 5.47. The summed E-state index contributed by atoms with van der Waals surface area (Å²) in [6, 6.07) is 19.5. The van der Waals surface area contributed by atoms with E-state index in [4.69, 9.17) is 0 Å². The first-order valence-corrected chi connectivity index (χ1v) is 9.04. The van der Waals surface area contributed by atoms with Crippen LogP contribution in [0.5, 0.6) is 5.75 Å². The molecule has 0 aliphatic heterocycles. The Hall–Kier alpha value is -2.81. The highest BCUT2D eigenvalue weighted by Crippen LogP contribution is 2.36. The largest absolute Gasteiger partial charge is 0.507 e. The minimum absolute atomic E-state index is 0.0252. The molecule has 26 heavy (non-hydrogen) atoms. The summed E-state index contributed by atoms with van der Waals surface area (Å²) in [5.41, 5.74) is 2.36. The first-order valence-electron chi connectivity index (χ1n) is 9.04. The van der Waals surface area contributed by atoms with Crippen LogP contribution >= 0.6 is 0 Å². The average Bonchev–Trinajstić information content (AvgIpc) is 2.61. The quantitative estimate of drug-likeness (QED) is 0.680. The SMILES string of the molecule is CC(C)N(C(=O)c1c(O)ccc2cccc(-c3ccccc3)c12)C(C)C. The highest BCUT2D eigenvalue weighted by atomic mass is 16.3. The lowest BCUT2D eigenvalue weighted by Crippen LogP contribution is -2.42. The Bertz CT molecular complexity index is 922. The molecule has 134 valence electrons. The normalized spacial score (nSPS) is 11.3. The summed E-state index contributed by atoms with van der Waals surface area (Å²) in [5, 5.41) is 12.4. The molecule has 0 saturated heterocycles. The number of nitrogens with zero attached hydrogens (tertiary/aromatic N) is 1. The van der Waals surface area contributed by atoms with Crippen LogP contribution in [0.1, 0.15) is 38.1 Å². The molecule has 0 aliphatic rings. The molecule has 3 rings (SSSR count). The van der Waals surface area contributed by atoms with E-state index in [1.54, 1.807) is 6.07 Å². The average molecular weight is 347 g/mol. The van der Waals surface area contributed by atoms with Crippen LogP contribution in [0, 0.1) is 0 Å². The van der Waals surface area contributed by atoms with Crippen LogP contribution in [-0.2, 0) is 0 Å². The van der Waals surface area contributed by atoms with Crippen LogP contribution in [0.15, 0.2) is 60.7 Å². The second-order valence-corrected chi connectivity index (χ2v) is 7.13. The molecule has 0 aromatic heterocycles. The van der Waals surface area contributed by atoms with Gasteiger partial charge in [-0.1, -0.05) is 54.6 Å². The minimum Gasteiger partial charge on any atom is -0.507 e. The molecule has 0 saturated carbocycles. The van der Waals surface area contributed by atoms with E-state index in [9.17, 15) is 9.90 Å². The summed E-state index contributed by atoms with van der Waals surface area (Å²) in [6.07, 6.45) is 0. The molecule has 0 bridgehead atoms. The zero-order valence-corrected chi connectivity index (χ0v) is 15.7. The highest BCUT2D eigenvalue weighted by molar-refractivity contribution is 6.14. The summed E-state index contributed by atoms with van der Waals surface area (Å²) in [4.78, 5) is 15.2. The van der Waals surface area contributed by atoms with Crippen molar-refractivity contribution in [3.63, 3.8) is 0 Å². The van der Waals surface area contributed by atoms with Crippen LogP contribution in [0.3, 0.4) is 0 Å². The summed E-state index contributed by atoms with van der Waals surface area (Å²) < 4.78 is 0. The van der Waals surface area contributed by atoms with Gasteiger partial charge in [0, 0.05) is 17.5 Å². The fourth-order valence-electron chi connectivity index (χ4n) is 3.64. The van der Waals surface area contributed by atoms with Crippen molar-refractivity contribution in [2.45, 2.75) is 39.8 Å². The van der Waals surface area contributed by atoms with E-state index >= 15 is 0 Å². The van der Waals surface area contributed by atoms with E-state index < -0.39 is 0 Å². The van der Waals surface area contributed by atoms with Gasteiger partial charge in [0.15, 0.2) is 0 Å². The van der Waals surface area contributed by atoms with Gasteiger partial charge in [-0.15, -0.1) is 0 Å². The Morgan fingerprint density at radius 2 is 1.50 bits per heavy atom. The number of benzene rings is 3. The summed E-state index contributed by atoms with van der Waals surface area (Å²) in [7, 11) is 0. The number of carbonyl (C=O) groups excluding carboxylic acids is 1. The fraction of sp³-hybridized carbons (Fsp3) is 0.261. The van der Waals surface area contributed by atoms with E-state index in [1.165, 1.54) is 0 Å². The van der Waals surface area contributed by atoms with Gasteiger partial charge in [0.1, 0.15) is 5.75 Å². The third-order valence-corrected chi connectivity index (χ3v) is 4.67. The molecule has 0 aliphatic carbocycles. The molecule has 0 atom stereocenters. The molecule has 3 aromatic rings. The lowest BCUT2D eigenvalue weighted by molar-refractivity contribution is 0.0643. The number of carbonyl (C=O) groups is 1. The molecule has 3 heteroatoms. The van der Waals surface area contributed by atoms with Crippen molar-refractivity contribution in [3.8, 4) is 16.9 Å². The van der Waals surface area contributed by atoms with Crippen molar-refractivity contribution < 1.29 is 9.90 Å². The van der Waals surface area contributed by atoms with Gasteiger partial charge >= 0.3 is 0 Å². The summed E-state index contributed by atoms with van der Waals surface area (Å²) >= 11 is 0.